The van der Waals surface area contributed by atoms with Crippen LogP contribution in [-0.2, 0) is 0 Å². The predicted molar refractivity (Wildman–Crippen MR) is 132 cm³/mol. The molecule has 0 aliphatic carbocycles. The van der Waals surface area contributed by atoms with Crippen molar-refractivity contribution in [2.75, 3.05) is 13.1 Å². The van der Waals surface area contributed by atoms with Gasteiger partial charge in [-0.1, -0.05) is 52.4 Å². The second-order valence-corrected chi connectivity index (χ2v) is 8.53. The van der Waals surface area contributed by atoms with E-state index in [1.54, 1.807) is 0 Å². The molecule has 11 N–H and O–H groups in total. The number of nitrogens with one attached hydrogen (secondary N) is 1. The molecule has 0 aromatic heterocycles. The van der Waals surface area contributed by atoms with Gasteiger partial charge >= 0.3 is 0 Å². The maximum absolute atomic E-state index is 7.64. The van der Waals surface area contributed by atoms with Gasteiger partial charge in [-0.2, -0.15) is 5.26 Å². The largest absolute Gasteiger partial charge is 0.370 e. The van der Waals surface area contributed by atoms with Crippen LogP contribution in [0.2, 0.25) is 0 Å². The first kappa shape index (κ1) is 30.7. The Morgan fingerprint density at radius 2 is 1.55 bits per heavy atom. The Morgan fingerprint density at radius 3 is 2.06 bits per heavy atom. The Bertz CT molecular complexity index is 569. The van der Waals surface area contributed by atoms with Crippen molar-refractivity contribution in [3.63, 3.8) is 0 Å². The second kappa shape index (κ2) is 19.4. The molecule has 31 heavy (non-hydrogen) atoms. The predicted octanol–water partition coefficient (Wildman–Crippen LogP) is 1.85. The number of nitriles is 1. The van der Waals surface area contributed by atoms with Gasteiger partial charge in [0.1, 0.15) is 0 Å². The summed E-state index contributed by atoms with van der Waals surface area (Å²) in [6.45, 7) is 10.2. The first-order valence-corrected chi connectivity index (χ1v) is 11.1. The van der Waals surface area contributed by atoms with Crippen LogP contribution >= 0.6 is 0 Å². The van der Waals surface area contributed by atoms with E-state index in [1.165, 1.54) is 31.9 Å². The Morgan fingerprint density at radius 1 is 0.935 bits per heavy atom. The third-order valence-electron chi connectivity index (χ3n) is 4.32. The molecule has 0 bridgehead atoms. The lowest BCUT2D eigenvalue weighted by Crippen LogP contribution is -2.43. The van der Waals surface area contributed by atoms with Crippen LogP contribution in [0.15, 0.2) is 15.0 Å². The summed E-state index contributed by atoms with van der Waals surface area (Å²) in [6.07, 6.45) is 11.8. The summed E-state index contributed by atoms with van der Waals surface area (Å²) in [5, 5.41) is 10.5. The zero-order chi connectivity index (χ0) is 24.1. The third kappa shape index (κ3) is 25.4. The smallest absolute Gasteiger partial charge is 0.209 e. The average molecular weight is 439 g/mol. The molecule has 10 heteroatoms. The van der Waals surface area contributed by atoms with Crippen molar-refractivity contribution in [2.45, 2.75) is 91.0 Å². The number of hydrogen-bond acceptors (Lipinski definition) is 5. The van der Waals surface area contributed by atoms with Crippen LogP contribution in [0.5, 0.6) is 0 Å². The van der Waals surface area contributed by atoms with E-state index in [2.05, 4.69) is 48.0 Å². The number of nitrogens with two attached hydrogens (primary N) is 5. The van der Waals surface area contributed by atoms with E-state index in [1.807, 2.05) is 0 Å². The molecule has 0 saturated heterocycles. The topological polar surface area (TPSA) is 203 Å². The molecular weight excluding hydrogens is 392 g/mol. The number of hydrogen-bond donors (Lipinski definition) is 6. The molecule has 0 aromatic rings. The van der Waals surface area contributed by atoms with Gasteiger partial charge in [0.25, 0.3) is 0 Å². The van der Waals surface area contributed by atoms with Crippen molar-refractivity contribution in [3.05, 3.63) is 0 Å². The lowest BCUT2D eigenvalue weighted by Gasteiger charge is -2.20. The van der Waals surface area contributed by atoms with Crippen LogP contribution < -0.4 is 34.0 Å². The first-order valence-electron chi connectivity index (χ1n) is 11.1. The minimum Gasteiger partial charge on any atom is -0.370 e. The van der Waals surface area contributed by atoms with E-state index in [4.69, 9.17) is 33.9 Å². The summed E-state index contributed by atoms with van der Waals surface area (Å²) >= 11 is 0. The molecule has 0 atom stereocenters. The van der Waals surface area contributed by atoms with Gasteiger partial charge in [0, 0.05) is 6.54 Å². The van der Waals surface area contributed by atoms with Crippen LogP contribution in [0.25, 0.3) is 0 Å². The van der Waals surface area contributed by atoms with Crippen molar-refractivity contribution in [3.8, 4) is 6.19 Å². The number of unbranched alkanes of at least 4 members (excludes halogenated alkanes) is 5. The summed E-state index contributed by atoms with van der Waals surface area (Å²) in [5.74, 6) is 1.28. The van der Waals surface area contributed by atoms with Gasteiger partial charge < -0.3 is 28.7 Å². The molecule has 0 spiro atoms. The molecule has 0 fully saturated rings. The Balaban J connectivity index is 0. The van der Waals surface area contributed by atoms with Crippen LogP contribution in [-0.4, -0.2) is 36.5 Å². The third-order valence-corrected chi connectivity index (χ3v) is 4.32. The summed E-state index contributed by atoms with van der Waals surface area (Å²) in [4.78, 5) is 11.7. The highest BCUT2D eigenvalue weighted by molar-refractivity contribution is 5.97. The lowest BCUT2D eigenvalue weighted by atomic mass is 9.97. The highest BCUT2D eigenvalue weighted by Crippen LogP contribution is 2.18. The van der Waals surface area contributed by atoms with Crippen LogP contribution in [0, 0.1) is 17.4 Å². The number of aliphatic imine (C=N–C) groups is 3. The van der Waals surface area contributed by atoms with E-state index in [0.717, 1.165) is 51.1 Å². The van der Waals surface area contributed by atoms with E-state index >= 15 is 0 Å². The maximum Gasteiger partial charge on any atom is 0.209 e. The Labute approximate surface area is 188 Å². The summed E-state index contributed by atoms with van der Waals surface area (Å²) in [6, 6.07) is 0. The quantitative estimate of drug-likeness (QED) is 0.109. The SMILES string of the molecule is CC(C)CCCCCCN=C(N)NC(N)=NC(C)(C)CCCCCN.N#CN=C(N)N. The van der Waals surface area contributed by atoms with Gasteiger partial charge in [-0.25, -0.2) is 4.99 Å². The minimum absolute atomic E-state index is 0.197. The molecule has 10 nitrogen and oxygen atoms in total. The van der Waals surface area contributed by atoms with Crippen molar-refractivity contribution >= 4 is 17.9 Å². The van der Waals surface area contributed by atoms with Crippen molar-refractivity contribution < 1.29 is 0 Å². The van der Waals surface area contributed by atoms with E-state index < -0.39 is 0 Å². The summed E-state index contributed by atoms with van der Waals surface area (Å²) in [5.41, 5.74) is 26.6. The van der Waals surface area contributed by atoms with E-state index in [9.17, 15) is 0 Å². The normalized spacial score (nSPS) is 12.0. The molecule has 0 rings (SSSR count). The molecule has 0 aliphatic rings. The van der Waals surface area contributed by atoms with Gasteiger partial charge in [0.2, 0.25) is 12.2 Å². The molecular formula is C21H46N10. The molecule has 0 saturated carbocycles. The van der Waals surface area contributed by atoms with Gasteiger partial charge in [-0.05, 0) is 45.6 Å². The van der Waals surface area contributed by atoms with Crippen molar-refractivity contribution in [2.24, 2.45) is 49.6 Å². The average Bonchev–Trinajstić information content (AvgIpc) is 2.64. The monoisotopic (exact) mass is 438 g/mol. The fourth-order valence-corrected chi connectivity index (χ4v) is 2.73. The molecule has 0 amide bonds. The minimum atomic E-state index is -0.206. The summed E-state index contributed by atoms with van der Waals surface area (Å²) in [7, 11) is 0. The fourth-order valence-electron chi connectivity index (χ4n) is 2.73. The lowest BCUT2D eigenvalue weighted by molar-refractivity contribution is 0.448. The summed E-state index contributed by atoms with van der Waals surface area (Å²) < 4.78 is 0. The number of rotatable bonds is 13. The van der Waals surface area contributed by atoms with Crippen LogP contribution in [0.1, 0.15) is 85.5 Å². The molecule has 0 aromatic carbocycles. The zero-order valence-electron chi connectivity index (χ0n) is 20.0. The Kier molecular flexibility index (Phi) is 19.2. The zero-order valence-corrected chi connectivity index (χ0v) is 20.0. The Hall–Kier alpha value is -2.54. The van der Waals surface area contributed by atoms with Gasteiger partial charge in [0.05, 0.1) is 5.54 Å². The molecule has 0 unspecified atom stereocenters. The van der Waals surface area contributed by atoms with Crippen LogP contribution in [0.3, 0.4) is 0 Å². The number of nitrogens with zero attached hydrogens (tertiary/aromatic N) is 4. The highest BCUT2D eigenvalue weighted by Gasteiger charge is 2.16. The van der Waals surface area contributed by atoms with Crippen molar-refractivity contribution in [1.29, 1.82) is 5.26 Å². The molecule has 0 radical (unpaired) electrons. The standard InChI is InChI=1S/C19H42N6.C2H4N4/c1-16(2)12-8-5-6-11-15-23-17(21)24-18(22)25-19(3,4)13-9-7-10-14-20;3-1-6-2(4)5/h16H,5-15,20H2,1-4H3,(H5,21,22,23,24,25);(H4,4,5,6). The molecule has 0 heterocycles. The van der Waals surface area contributed by atoms with Gasteiger partial charge in [0.15, 0.2) is 11.9 Å². The first-order chi connectivity index (χ1) is 14.5. The van der Waals surface area contributed by atoms with E-state index in [-0.39, 0.29) is 11.5 Å². The van der Waals surface area contributed by atoms with Gasteiger partial charge in [-0.3, -0.25) is 10.3 Å². The molecule has 180 valence electrons. The van der Waals surface area contributed by atoms with Crippen molar-refractivity contribution in [1.82, 2.24) is 5.32 Å². The van der Waals surface area contributed by atoms with Crippen LogP contribution in [0.4, 0.5) is 0 Å². The number of guanidine groups is 3. The van der Waals surface area contributed by atoms with E-state index in [0.29, 0.717) is 11.9 Å². The maximum atomic E-state index is 7.64. The highest BCUT2D eigenvalue weighted by atomic mass is 15.2. The fraction of sp³-hybridized carbons (Fsp3) is 0.810. The second-order valence-electron chi connectivity index (χ2n) is 8.53. The van der Waals surface area contributed by atoms with Gasteiger partial charge in [-0.15, -0.1) is 4.99 Å². The molecule has 0 aliphatic heterocycles.